The van der Waals surface area contributed by atoms with Crippen LogP contribution in [0.5, 0.6) is 0 Å². The van der Waals surface area contributed by atoms with E-state index in [0.717, 1.165) is 21.8 Å². The maximum atomic E-state index is 12.3. The number of amides is 1. The molecule has 0 aliphatic heterocycles. The summed E-state index contributed by atoms with van der Waals surface area (Å²) in [6.45, 7) is 4.19. The normalized spacial score (nSPS) is 16.2. The highest BCUT2D eigenvalue weighted by Crippen LogP contribution is 2.45. The smallest absolute Gasteiger partial charge is 0.437 e. The van der Waals surface area contributed by atoms with Crippen molar-refractivity contribution in [2.45, 2.75) is 30.9 Å². The molecule has 6 nitrogen and oxygen atoms in total. The molecule has 29 heavy (non-hydrogen) atoms. The van der Waals surface area contributed by atoms with Gasteiger partial charge in [-0.15, -0.1) is 23.1 Å². The molecule has 1 amide bonds. The molecule has 154 valence electrons. The standard InChI is InChI=1S/C20H21ClN2O4S2/c1-20(2)9-13-15(18(28-4)29-16(13)17(24)26-3)14(10-20)23-27-19(25)22-12-7-5-11(21)6-8-12/h5-8H,9-10H2,1-4H3,(H,22,25)/b23-14-. The number of nitrogens with one attached hydrogen (secondary N) is 1. The van der Waals surface area contributed by atoms with Gasteiger partial charge in [0.2, 0.25) is 0 Å². The minimum absolute atomic E-state index is 0.138. The molecule has 0 fully saturated rings. The zero-order chi connectivity index (χ0) is 21.2. The molecule has 1 aliphatic rings. The molecule has 0 saturated carbocycles. The van der Waals surface area contributed by atoms with Crippen molar-refractivity contribution in [3.63, 3.8) is 0 Å². The molecule has 1 aromatic carbocycles. The van der Waals surface area contributed by atoms with Gasteiger partial charge < -0.3 is 4.74 Å². The van der Waals surface area contributed by atoms with Gasteiger partial charge in [0.1, 0.15) is 4.88 Å². The largest absolute Gasteiger partial charge is 0.465 e. The quantitative estimate of drug-likeness (QED) is 0.273. The number of esters is 1. The van der Waals surface area contributed by atoms with Crippen LogP contribution in [0.1, 0.15) is 41.1 Å². The van der Waals surface area contributed by atoms with Gasteiger partial charge in [0.05, 0.1) is 17.0 Å². The van der Waals surface area contributed by atoms with Gasteiger partial charge >= 0.3 is 12.1 Å². The highest BCUT2D eigenvalue weighted by molar-refractivity contribution is 8.00. The first kappa shape index (κ1) is 21.7. The Morgan fingerprint density at radius 1 is 1.24 bits per heavy atom. The fourth-order valence-corrected chi connectivity index (χ4v) is 5.38. The van der Waals surface area contributed by atoms with Gasteiger partial charge in [0, 0.05) is 16.3 Å². The number of benzene rings is 1. The number of ether oxygens (including phenoxy) is 1. The van der Waals surface area contributed by atoms with Crippen LogP contribution in [0, 0.1) is 5.41 Å². The van der Waals surface area contributed by atoms with Crippen LogP contribution >= 0.6 is 34.7 Å². The fraction of sp³-hybridized carbons (Fsp3) is 0.350. The van der Waals surface area contributed by atoms with Crippen LogP contribution in [0.15, 0.2) is 33.6 Å². The predicted molar refractivity (Wildman–Crippen MR) is 118 cm³/mol. The van der Waals surface area contributed by atoms with Gasteiger partial charge in [-0.05, 0) is 54.3 Å². The van der Waals surface area contributed by atoms with E-state index in [1.807, 2.05) is 6.26 Å². The molecule has 1 aromatic heterocycles. The van der Waals surface area contributed by atoms with E-state index in [1.165, 1.54) is 30.2 Å². The van der Waals surface area contributed by atoms with E-state index in [0.29, 0.717) is 27.7 Å². The average Bonchev–Trinajstić information content (AvgIpc) is 3.04. The number of carbonyl (C=O) groups excluding carboxylic acids is 2. The van der Waals surface area contributed by atoms with E-state index in [2.05, 4.69) is 24.3 Å². The van der Waals surface area contributed by atoms with Gasteiger partial charge in [-0.3, -0.25) is 10.2 Å². The van der Waals surface area contributed by atoms with Crippen LogP contribution in [-0.4, -0.2) is 31.1 Å². The minimum atomic E-state index is -0.695. The van der Waals surface area contributed by atoms with Crippen LogP contribution < -0.4 is 5.32 Å². The third-order valence-corrected chi connectivity index (χ3v) is 7.03. The van der Waals surface area contributed by atoms with Crippen molar-refractivity contribution in [2.75, 3.05) is 18.7 Å². The summed E-state index contributed by atoms with van der Waals surface area (Å²) in [5.74, 6) is -0.356. The second-order valence-electron chi connectivity index (χ2n) is 7.33. The molecule has 0 bridgehead atoms. The van der Waals surface area contributed by atoms with E-state index in [1.54, 1.807) is 24.3 Å². The van der Waals surface area contributed by atoms with Gasteiger partial charge in [-0.1, -0.05) is 30.6 Å². The van der Waals surface area contributed by atoms with Gasteiger partial charge in [0.25, 0.3) is 0 Å². The van der Waals surface area contributed by atoms with Crippen molar-refractivity contribution in [1.29, 1.82) is 0 Å². The Morgan fingerprint density at radius 3 is 2.55 bits per heavy atom. The molecule has 9 heteroatoms. The van der Waals surface area contributed by atoms with Crippen LogP contribution in [0.4, 0.5) is 10.5 Å². The number of hydrogen-bond donors (Lipinski definition) is 1. The molecular formula is C20H21ClN2O4S2. The summed E-state index contributed by atoms with van der Waals surface area (Å²) in [5, 5.41) is 7.35. The lowest BCUT2D eigenvalue weighted by molar-refractivity contribution is 0.0604. The topological polar surface area (TPSA) is 77.0 Å². The summed E-state index contributed by atoms with van der Waals surface area (Å²) < 4.78 is 5.91. The third-order valence-electron chi connectivity index (χ3n) is 4.45. The number of thiophene rings is 1. The van der Waals surface area contributed by atoms with E-state index >= 15 is 0 Å². The molecule has 0 atom stereocenters. The maximum absolute atomic E-state index is 12.3. The molecule has 1 heterocycles. The Bertz CT molecular complexity index is 968. The Balaban J connectivity index is 1.89. The number of anilines is 1. The molecule has 0 saturated heterocycles. The van der Waals surface area contributed by atoms with E-state index in [9.17, 15) is 9.59 Å². The monoisotopic (exact) mass is 452 g/mol. The molecule has 3 rings (SSSR count). The highest BCUT2D eigenvalue weighted by Gasteiger charge is 2.37. The van der Waals surface area contributed by atoms with Crippen LogP contribution in [0.2, 0.25) is 5.02 Å². The van der Waals surface area contributed by atoms with Gasteiger partial charge in [-0.2, -0.15) is 0 Å². The second kappa shape index (κ2) is 8.77. The van der Waals surface area contributed by atoms with Crippen molar-refractivity contribution >= 4 is 58.2 Å². The number of nitrogens with zero attached hydrogens (tertiary/aromatic N) is 1. The van der Waals surface area contributed by atoms with E-state index < -0.39 is 6.09 Å². The fourth-order valence-electron chi connectivity index (χ4n) is 3.24. The number of methoxy groups -OCH3 is 1. The van der Waals surface area contributed by atoms with Crippen LogP contribution in [0.25, 0.3) is 0 Å². The number of carbonyl (C=O) groups is 2. The molecule has 2 aromatic rings. The van der Waals surface area contributed by atoms with E-state index in [-0.39, 0.29) is 11.4 Å². The minimum Gasteiger partial charge on any atom is -0.465 e. The summed E-state index contributed by atoms with van der Waals surface area (Å²) in [4.78, 5) is 30.2. The summed E-state index contributed by atoms with van der Waals surface area (Å²) in [6.07, 6.45) is 2.59. The summed E-state index contributed by atoms with van der Waals surface area (Å²) >= 11 is 8.77. The maximum Gasteiger partial charge on any atom is 0.437 e. The van der Waals surface area contributed by atoms with E-state index in [4.69, 9.17) is 21.2 Å². The number of fused-ring (bicyclic) bond motifs is 1. The summed E-state index contributed by atoms with van der Waals surface area (Å²) in [5.41, 5.74) is 2.85. The third kappa shape index (κ3) is 4.94. The zero-order valence-corrected chi connectivity index (χ0v) is 18.9. The first-order valence-electron chi connectivity index (χ1n) is 8.83. The van der Waals surface area contributed by atoms with Crippen molar-refractivity contribution in [2.24, 2.45) is 10.6 Å². The lowest BCUT2D eigenvalue weighted by Gasteiger charge is -2.31. The zero-order valence-electron chi connectivity index (χ0n) is 16.5. The lowest BCUT2D eigenvalue weighted by Crippen LogP contribution is -2.28. The van der Waals surface area contributed by atoms with Crippen molar-refractivity contribution in [1.82, 2.24) is 0 Å². The lowest BCUT2D eigenvalue weighted by atomic mass is 9.74. The van der Waals surface area contributed by atoms with Crippen molar-refractivity contribution < 1.29 is 19.2 Å². The second-order valence-corrected chi connectivity index (χ2v) is 9.87. The number of rotatable bonds is 4. The molecule has 1 aliphatic carbocycles. The SMILES string of the molecule is COC(=O)c1sc(SC)c2c1CC(C)(C)C/C2=N/OC(=O)Nc1ccc(Cl)cc1. The Morgan fingerprint density at radius 2 is 1.93 bits per heavy atom. The molecule has 0 unspecified atom stereocenters. The Hall–Kier alpha value is -2.03. The van der Waals surface area contributed by atoms with Gasteiger partial charge in [-0.25, -0.2) is 9.59 Å². The number of halogens is 1. The molecule has 0 radical (unpaired) electrons. The van der Waals surface area contributed by atoms with Gasteiger partial charge in [0.15, 0.2) is 0 Å². The molecular weight excluding hydrogens is 432 g/mol. The van der Waals surface area contributed by atoms with Crippen LogP contribution in [0.3, 0.4) is 0 Å². The number of oxime groups is 1. The molecule has 1 N–H and O–H groups in total. The average molecular weight is 453 g/mol. The Labute approximate surface area is 182 Å². The summed E-state index contributed by atoms with van der Waals surface area (Å²) in [6, 6.07) is 6.69. The summed E-state index contributed by atoms with van der Waals surface area (Å²) in [7, 11) is 1.38. The predicted octanol–water partition coefficient (Wildman–Crippen LogP) is 5.84. The first-order chi connectivity index (χ1) is 13.7. The van der Waals surface area contributed by atoms with Crippen LogP contribution in [-0.2, 0) is 16.0 Å². The Kier molecular flexibility index (Phi) is 6.55. The number of hydrogen-bond acceptors (Lipinski definition) is 7. The van der Waals surface area contributed by atoms with Crippen molar-refractivity contribution in [3.8, 4) is 0 Å². The number of thioether (sulfide) groups is 1. The molecule has 0 spiro atoms. The first-order valence-corrected chi connectivity index (χ1v) is 11.2. The highest BCUT2D eigenvalue weighted by atomic mass is 35.5. The van der Waals surface area contributed by atoms with Crippen molar-refractivity contribution in [3.05, 3.63) is 45.3 Å².